The fraction of sp³-hybridized carbons (Fsp3) is 0.462. The first kappa shape index (κ1) is 13.6. The van der Waals surface area contributed by atoms with Gasteiger partial charge in [0.25, 0.3) is 0 Å². The van der Waals surface area contributed by atoms with E-state index in [0.29, 0.717) is 5.56 Å². The van der Waals surface area contributed by atoms with Gasteiger partial charge in [-0.3, -0.25) is 0 Å². The Kier molecular flexibility index (Phi) is 3.59. The summed E-state index contributed by atoms with van der Waals surface area (Å²) in [6.45, 7) is 1.26. The molecule has 1 aromatic carbocycles. The molecule has 2 rings (SSSR count). The monoisotopic (exact) mass is 271 g/mol. The van der Waals surface area contributed by atoms with Crippen LogP contribution in [0.15, 0.2) is 24.3 Å². The zero-order valence-corrected chi connectivity index (χ0v) is 10.7. The molecule has 0 saturated carbocycles. The van der Waals surface area contributed by atoms with Crippen molar-refractivity contribution in [2.45, 2.75) is 26.5 Å². The van der Waals surface area contributed by atoms with Gasteiger partial charge in [-0.15, -0.1) is 0 Å². The molecule has 104 valence electrons. The van der Waals surface area contributed by atoms with Gasteiger partial charge in [0.2, 0.25) is 0 Å². The molecule has 1 fully saturated rings. The summed E-state index contributed by atoms with van der Waals surface area (Å²) in [5, 5.41) is 2.70. The van der Waals surface area contributed by atoms with E-state index < -0.39 is 12.7 Å². The lowest BCUT2D eigenvalue weighted by Gasteiger charge is -2.38. The molecule has 19 heavy (non-hydrogen) atoms. The Hall–Kier alpha value is -1.85. The van der Waals surface area contributed by atoms with Crippen LogP contribution in [0.2, 0.25) is 0 Å². The number of carbonyl (C=O) groups is 1. The highest BCUT2D eigenvalue weighted by atomic mass is 19.3. The number of halogens is 2. The third-order valence-electron chi connectivity index (χ3n) is 3.04. The van der Waals surface area contributed by atoms with Gasteiger partial charge in [-0.1, -0.05) is 26.0 Å². The van der Waals surface area contributed by atoms with Crippen LogP contribution in [0.4, 0.5) is 13.6 Å². The smallest absolute Gasteiger partial charge is 0.407 e. The van der Waals surface area contributed by atoms with Crippen LogP contribution >= 0.6 is 0 Å². The maximum atomic E-state index is 12.2. The number of amides is 1. The molecule has 0 radical (unpaired) electrons. The first-order valence-corrected chi connectivity index (χ1v) is 5.86. The molecule has 0 bridgehead atoms. The standard InChI is InChI=1S/C13H15F2NO3/c1-13(2)7-18-12(17)16-10(13)8-4-3-5-9(6-8)19-11(14)15/h3-6,10-11H,7H2,1-2H3,(H,16,17)/t10-/m1/s1. The van der Waals surface area contributed by atoms with Gasteiger partial charge in [0.05, 0.1) is 6.04 Å². The predicted octanol–water partition coefficient (Wildman–Crippen LogP) is 3.10. The topological polar surface area (TPSA) is 47.6 Å². The first-order valence-electron chi connectivity index (χ1n) is 5.86. The molecule has 4 nitrogen and oxygen atoms in total. The Morgan fingerprint density at radius 2 is 2.21 bits per heavy atom. The summed E-state index contributed by atoms with van der Waals surface area (Å²) in [6.07, 6.45) is -0.510. The minimum atomic E-state index is -2.87. The highest BCUT2D eigenvalue weighted by molar-refractivity contribution is 5.69. The molecule has 1 aliphatic rings. The molecule has 0 spiro atoms. The summed E-state index contributed by atoms with van der Waals surface area (Å²) in [5.74, 6) is 0.0732. The van der Waals surface area contributed by atoms with E-state index in [2.05, 4.69) is 10.1 Å². The molecule has 1 aliphatic heterocycles. The lowest BCUT2D eigenvalue weighted by Crippen LogP contribution is -2.46. The highest BCUT2D eigenvalue weighted by Crippen LogP contribution is 2.37. The second kappa shape index (κ2) is 5.03. The molecule has 1 N–H and O–H groups in total. The molecule has 1 saturated heterocycles. The van der Waals surface area contributed by atoms with E-state index in [1.165, 1.54) is 12.1 Å². The lowest BCUT2D eigenvalue weighted by atomic mass is 9.80. The first-order chi connectivity index (χ1) is 8.88. The molecule has 1 aromatic rings. The van der Waals surface area contributed by atoms with Crippen LogP contribution in [-0.4, -0.2) is 19.3 Å². The molecule has 1 atom stereocenters. The molecule has 1 amide bonds. The molecular formula is C13H15F2NO3. The van der Waals surface area contributed by atoms with E-state index in [-0.39, 0.29) is 23.8 Å². The molecule has 0 unspecified atom stereocenters. The van der Waals surface area contributed by atoms with E-state index >= 15 is 0 Å². The summed E-state index contributed by atoms with van der Waals surface area (Å²) in [7, 11) is 0. The van der Waals surface area contributed by atoms with E-state index in [4.69, 9.17) is 4.74 Å². The SMILES string of the molecule is CC1(C)COC(=O)N[C@@H]1c1cccc(OC(F)F)c1. The van der Waals surface area contributed by atoms with Crippen LogP contribution in [0.25, 0.3) is 0 Å². The van der Waals surface area contributed by atoms with Gasteiger partial charge in [0.15, 0.2) is 0 Å². The van der Waals surface area contributed by atoms with Crippen molar-refractivity contribution in [1.82, 2.24) is 5.32 Å². The third-order valence-corrected chi connectivity index (χ3v) is 3.04. The van der Waals surface area contributed by atoms with Crippen LogP contribution in [-0.2, 0) is 4.74 Å². The second-order valence-corrected chi connectivity index (χ2v) is 5.09. The minimum Gasteiger partial charge on any atom is -0.449 e. The van der Waals surface area contributed by atoms with E-state index in [1.54, 1.807) is 12.1 Å². The van der Waals surface area contributed by atoms with Crippen molar-refractivity contribution in [3.63, 3.8) is 0 Å². The van der Waals surface area contributed by atoms with Crippen LogP contribution in [0.1, 0.15) is 25.5 Å². The fourth-order valence-electron chi connectivity index (χ4n) is 2.09. The highest BCUT2D eigenvalue weighted by Gasteiger charge is 2.37. The summed E-state index contributed by atoms with van der Waals surface area (Å²) in [5.41, 5.74) is 0.372. The summed E-state index contributed by atoms with van der Waals surface area (Å²) >= 11 is 0. The molecule has 0 aromatic heterocycles. The summed E-state index contributed by atoms with van der Waals surface area (Å²) in [4.78, 5) is 11.3. The van der Waals surface area contributed by atoms with Crippen molar-refractivity contribution in [3.8, 4) is 5.75 Å². The zero-order valence-electron chi connectivity index (χ0n) is 10.7. The van der Waals surface area contributed by atoms with Crippen molar-refractivity contribution in [2.75, 3.05) is 6.61 Å². The Balaban J connectivity index is 2.26. The van der Waals surface area contributed by atoms with Crippen molar-refractivity contribution in [3.05, 3.63) is 29.8 Å². The number of ether oxygens (including phenoxy) is 2. The maximum absolute atomic E-state index is 12.2. The average molecular weight is 271 g/mol. The Morgan fingerprint density at radius 3 is 2.89 bits per heavy atom. The minimum absolute atomic E-state index is 0.0732. The van der Waals surface area contributed by atoms with Crippen molar-refractivity contribution in [2.24, 2.45) is 5.41 Å². The molecule has 0 aliphatic carbocycles. The molecular weight excluding hydrogens is 256 g/mol. The van der Waals surface area contributed by atoms with Crippen LogP contribution in [0.5, 0.6) is 5.75 Å². The van der Waals surface area contributed by atoms with Gasteiger partial charge in [0.1, 0.15) is 12.4 Å². The maximum Gasteiger partial charge on any atom is 0.407 e. The van der Waals surface area contributed by atoms with Gasteiger partial charge in [0, 0.05) is 5.41 Å². The van der Waals surface area contributed by atoms with Gasteiger partial charge in [-0.05, 0) is 17.7 Å². The van der Waals surface area contributed by atoms with Crippen molar-refractivity contribution < 1.29 is 23.0 Å². The second-order valence-electron chi connectivity index (χ2n) is 5.09. The number of benzene rings is 1. The van der Waals surface area contributed by atoms with Crippen LogP contribution < -0.4 is 10.1 Å². The molecule has 1 heterocycles. The fourth-order valence-corrected chi connectivity index (χ4v) is 2.09. The number of nitrogens with one attached hydrogen (secondary N) is 1. The van der Waals surface area contributed by atoms with E-state index in [9.17, 15) is 13.6 Å². The van der Waals surface area contributed by atoms with Crippen molar-refractivity contribution in [1.29, 1.82) is 0 Å². The summed E-state index contributed by atoms with van der Waals surface area (Å²) < 4.78 is 33.7. The Bertz CT molecular complexity index is 477. The lowest BCUT2D eigenvalue weighted by molar-refractivity contribution is -0.0500. The van der Waals surface area contributed by atoms with Gasteiger partial charge in [-0.25, -0.2) is 4.79 Å². The Labute approximate surface area is 109 Å². The zero-order chi connectivity index (χ0) is 14.0. The largest absolute Gasteiger partial charge is 0.449 e. The number of hydrogen-bond donors (Lipinski definition) is 1. The predicted molar refractivity (Wildman–Crippen MR) is 64.1 cm³/mol. The van der Waals surface area contributed by atoms with Gasteiger partial charge < -0.3 is 14.8 Å². The number of rotatable bonds is 3. The quantitative estimate of drug-likeness (QED) is 0.919. The van der Waals surface area contributed by atoms with Crippen molar-refractivity contribution >= 4 is 6.09 Å². The number of alkyl carbamates (subject to hydrolysis) is 1. The number of carbonyl (C=O) groups excluding carboxylic acids is 1. The molecule has 6 heteroatoms. The van der Waals surface area contributed by atoms with Crippen LogP contribution in [0.3, 0.4) is 0 Å². The number of cyclic esters (lactones) is 1. The summed E-state index contributed by atoms with van der Waals surface area (Å²) in [6, 6.07) is 6.02. The number of hydrogen-bond acceptors (Lipinski definition) is 3. The average Bonchev–Trinajstić information content (AvgIpc) is 2.32. The van der Waals surface area contributed by atoms with Crippen LogP contribution in [0, 0.1) is 5.41 Å². The normalized spacial score (nSPS) is 21.7. The Morgan fingerprint density at radius 1 is 1.47 bits per heavy atom. The van der Waals surface area contributed by atoms with Gasteiger partial charge >= 0.3 is 12.7 Å². The third kappa shape index (κ3) is 3.13. The van der Waals surface area contributed by atoms with Gasteiger partial charge in [-0.2, -0.15) is 8.78 Å². The van der Waals surface area contributed by atoms with E-state index in [0.717, 1.165) is 0 Å². The van der Waals surface area contributed by atoms with E-state index in [1.807, 2.05) is 13.8 Å². The number of alkyl halides is 2.